The van der Waals surface area contributed by atoms with Crippen molar-refractivity contribution in [2.75, 3.05) is 13.2 Å². The van der Waals surface area contributed by atoms with Crippen molar-refractivity contribution in [1.82, 2.24) is 0 Å². The van der Waals surface area contributed by atoms with Gasteiger partial charge in [-0.2, -0.15) is 8.78 Å². The lowest BCUT2D eigenvalue weighted by Crippen LogP contribution is -2.40. The predicted octanol–water partition coefficient (Wildman–Crippen LogP) is 4.95. The average molecular weight is 594 g/mol. The van der Waals surface area contributed by atoms with Crippen LogP contribution in [-0.4, -0.2) is 30.4 Å². The van der Waals surface area contributed by atoms with Crippen molar-refractivity contribution in [1.29, 1.82) is 0 Å². The predicted molar refractivity (Wildman–Crippen MR) is 105 cm³/mol. The summed E-state index contributed by atoms with van der Waals surface area (Å²) in [7, 11) is 0. The van der Waals surface area contributed by atoms with Gasteiger partial charge in [0.25, 0.3) is 0 Å². The number of rotatable bonds is 4. The van der Waals surface area contributed by atoms with Crippen LogP contribution in [0.15, 0.2) is 12.1 Å². The van der Waals surface area contributed by atoms with Gasteiger partial charge in [0.15, 0.2) is 12.0 Å². The lowest BCUT2D eigenvalue weighted by Gasteiger charge is -2.42. The van der Waals surface area contributed by atoms with Crippen LogP contribution in [0.25, 0.3) is 0 Å². The van der Waals surface area contributed by atoms with E-state index in [4.69, 9.17) is 14.6 Å². The molecule has 0 unspecified atom stereocenters. The molecule has 1 aliphatic carbocycles. The molecule has 1 saturated heterocycles. The second-order valence-electron chi connectivity index (χ2n) is 6.75. The highest BCUT2D eigenvalue weighted by atomic mass is 127. The van der Waals surface area contributed by atoms with Gasteiger partial charge >= 0.3 is 12.1 Å². The van der Waals surface area contributed by atoms with Crippen molar-refractivity contribution < 1.29 is 32.9 Å². The first-order chi connectivity index (χ1) is 12.2. The SMILES string of the molecule is O=C(O)C(F)(F)Oc1c(I)cc(C2OCC3(CCCCC3)CO2)cc1I. The number of hydrogen-bond acceptors (Lipinski definition) is 4. The Morgan fingerprint density at radius 1 is 1.15 bits per heavy atom. The molecule has 0 radical (unpaired) electrons. The molecule has 1 heterocycles. The Balaban J connectivity index is 1.73. The first-order valence-electron chi connectivity index (χ1n) is 8.25. The van der Waals surface area contributed by atoms with Gasteiger partial charge in [-0.1, -0.05) is 19.3 Å². The summed E-state index contributed by atoms with van der Waals surface area (Å²) in [5.41, 5.74) is 0.803. The van der Waals surface area contributed by atoms with Gasteiger partial charge in [-0.05, 0) is 70.2 Å². The molecule has 9 heteroatoms. The Hall–Kier alpha value is -0.270. The zero-order chi connectivity index (χ0) is 18.9. The van der Waals surface area contributed by atoms with Gasteiger partial charge in [0.2, 0.25) is 0 Å². The number of carboxylic acid groups (broad SMARTS) is 1. The van der Waals surface area contributed by atoms with Crippen LogP contribution in [0.2, 0.25) is 0 Å². The van der Waals surface area contributed by atoms with Crippen LogP contribution in [0.3, 0.4) is 0 Å². The molecule has 1 aromatic carbocycles. The fourth-order valence-corrected chi connectivity index (χ4v) is 5.40. The van der Waals surface area contributed by atoms with E-state index in [0.717, 1.165) is 12.8 Å². The second-order valence-corrected chi connectivity index (χ2v) is 9.08. The zero-order valence-electron chi connectivity index (χ0n) is 13.8. The zero-order valence-corrected chi connectivity index (χ0v) is 18.1. The van der Waals surface area contributed by atoms with Crippen molar-refractivity contribution in [2.45, 2.75) is 44.5 Å². The number of aliphatic carboxylic acids is 1. The van der Waals surface area contributed by atoms with Crippen molar-refractivity contribution in [3.8, 4) is 5.75 Å². The number of carbonyl (C=O) groups is 1. The minimum absolute atomic E-state index is 0.0989. The molecular weight excluding hydrogens is 576 g/mol. The quantitative estimate of drug-likeness (QED) is 0.501. The lowest BCUT2D eigenvalue weighted by atomic mass is 9.75. The number of benzene rings is 1. The van der Waals surface area contributed by atoms with Crippen LogP contribution in [0.5, 0.6) is 5.75 Å². The first kappa shape index (κ1) is 20.5. The van der Waals surface area contributed by atoms with E-state index in [1.165, 1.54) is 19.3 Å². The Morgan fingerprint density at radius 3 is 2.19 bits per heavy atom. The maximum atomic E-state index is 13.4. The van der Waals surface area contributed by atoms with Crippen molar-refractivity contribution in [2.24, 2.45) is 5.41 Å². The maximum Gasteiger partial charge on any atom is 0.501 e. The maximum absolute atomic E-state index is 13.4. The normalized spacial score (nSPS) is 20.9. The number of ether oxygens (including phenoxy) is 3. The van der Waals surface area contributed by atoms with E-state index < -0.39 is 18.4 Å². The number of halogens is 4. The first-order valence-corrected chi connectivity index (χ1v) is 10.4. The fourth-order valence-electron chi connectivity index (χ4n) is 3.36. The third-order valence-corrected chi connectivity index (χ3v) is 6.37. The highest BCUT2D eigenvalue weighted by Gasteiger charge is 2.44. The van der Waals surface area contributed by atoms with Crippen LogP contribution in [0, 0.1) is 12.6 Å². The summed E-state index contributed by atoms with van der Waals surface area (Å²) < 4.78 is 43.8. The van der Waals surface area contributed by atoms with E-state index in [1.54, 1.807) is 12.1 Å². The second kappa shape index (κ2) is 8.00. The van der Waals surface area contributed by atoms with E-state index in [2.05, 4.69) is 4.74 Å². The molecule has 1 aromatic rings. The molecule has 2 fully saturated rings. The molecule has 3 rings (SSSR count). The van der Waals surface area contributed by atoms with Crippen LogP contribution < -0.4 is 4.74 Å². The summed E-state index contributed by atoms with van der Waals surface area (Å²) in [6.45, 7) is 1.25. The molecule has 0 amide bonds. The minimum atomic E-state index is -4.29. The fraction of sp³-hybridized carbons (Fsp3) is 0.588. The molecule has 1 saturated carbocycles. The standard InChI is InChI=1S/C17H18F2I2O5/c18-17(19,15(22)23)26-13-11(20)6-10(7-12(13)21)14-24-8-16(9-25-14)4-2-1-3-5-16/h6-7,14H,1-5,8-9H2,(H,22,23). The molecule has 1 aliphatic heterocycles. The van der Waals surface area contributed by atoms with Crippen LogP contribution in [0.1, 0.15) is 44.0 Å². The summed E-state index contributed by atoms with van der Waals surface area (Å²) in [6, 6.07) is 3.25. The summed E-state index contributed by atoms with van der Waals surface area (Å²) >= 11 is 3.68. The van der Waals surface area contributed by atoms with Gasteiger partial charge in [-0.3, -0.25) is 0 Å². The third-order valence-electron chi connectivity index (χ3n) is 4.77. The summed E-state index contributed by atoms with van der Waals surface area (Å²) in [5.74, 6) is -2.49. The Morgan fingerprint density at radius 2 is 1.69 bits per heavy atom. The molecule has 1 spiro atoms. The monoisotopic (exact) mass is 594 g/mol. The molecule has 2 aliphatic rings. The van der Waals surface area contributed by atoms with Gasteiger partial charge in [0, 0.05) is 11.0 Å². The number of carboxylic acids is 1. The molecule has 0 aromatic heterocycles. The molecule has 0 bridgehead atoms. The minimum Gasteiger partial charge on any atom is -0.474 e. The molecule has 0 atom stereocenters. The largest absolute Gasteiger partial charge is 0.501 e. The molecular formula is C17H18F2I2O5. The van der Waals surface area contributed by atoms with Crippen LogP contribution in [0.4, 0.5) is 8.78 Å². The molecule has 144 valence electrons. The smallest absolute Gasteiger partial charge is 0.474 e. The van der Waals surface area contributed by atoms with Gasteiger partial charge in [-0.15, -0.1) is 0 Å². The molecule has 1 N–H and O–H groups in total. The summed E-state index contributed by atoms with van der Waals surface area (Å²) in [5, 5.41) is 8.54. The van der Waals surface area contributed by atoms with Crippen molar-refractivity contribution in [3.05, 3.63) is 24.8 Å². The van der Waals surface area contributed by atoms with E-state index in [-0.39, 0.29) is 11.2 Å². The number of hydrogen-bond donors (Lipinski definition) is 1. The van der Waals surface area contributed by atoms with Gasteiger partial charge in [-0.25, -0.2) is 4.79 Å². The average Bonchev–Trinajstić information content (AvgIpc) is 2.59. The van der Waals surface area contributed by atoms with Crippen LogP contribution >= 0.6 is 45.2 Å². The van der Waals surface area contributed by atoms with Gasteiger partial charge in [0.05, 0.1) is 20.4 Å². The topological polar surface area (TPSA) is 65.0 Å². The van der Waals surface area contributed by atoms with Crippen molar-refractivity contribution in [3.63, 3.8) is 0 Å². The van der Waals surface area contributed by atoms with E-state index in [9.17, 15) is 13.6 Å². The number of alkyl halides is 2. The van der Waals surface area contributed by atoms with E-state index >= 15 is 0 Å². The van der Waals surface area contributed by atoms with Gasteiger partial charge in [0.1, 0.15) is 0 Å². The Labute approximate surface area is 177 Å². The van der Waals surface area contributed by atoms with Crippen LogP contribution in [-0.2, 0) is 14.3 Å². The van der Waals surface area contributed by atoms with E-state index in [0.29, 0.717) is 25.9 Å². The summed E-state index contributed by atoms with van der Waals surface area (Å²) in [4.78, 5) is 10.6. The lowest BCUT2D eigenvalue weighted by molar-refractivity contribution is -0.240. The van der Waals surface area contributed by atoms with Gasteiger partial charge < -0.3 is 19.3 Å². The summed E-state index contributed by atoms with van der Waals surface area (Å²) in [6.07, 6.45) is 1.00. The Kier molecular flexibility index (Phi) is 6.29. The third kappa shape index (κ3) is 4.41. The highest BCUT2D eigenvalue weighted by molar-refractivity contribution is 14.1. The van der Waals surface area contributed by atoms with Crippen molar-refractivity contribution >= 4 is 51.2 Å². The molecule has 26 heavy (non-hydrogen) atoms. The molecule has 5 nitrogen and oxygen atoms in total. The Bertz CT molecular complexity index is 659. The highest BCUT2D eigenvalue weighted by Crippen LogP contribution is 2.43. The van der Waals surface area contributed by atoms with E-state index in [1.807, 2.05) is 45.2 Å².